The number of hydrogen-bond donors (Lipinski definition) is 1. The minimum absolute atomic E-state index is 0.119. The summed E-state index contributed by atoms with van der Waals surface area (Å²) in [6, 6.07) is 0. The van der Waals surface area contributed by atoms with Gasteiger partial charge < -0.3 is 14.6 Å². The molecule has 0 heterocycles. The fraction of sp³-hybridized carbons (Fsp3) is 0.875. The van der Waals surface area contributed by atoms with E-state index in [9.17, 15) is 4.79 Å². The monoisotopic (exact) mass is 160 g/mol. The van der Waals surface area contributed by atoms with Gasteiger partial charge in [-0.1, -0.05) is 0 Å². The molecule has 0 atom stereocenters. The zero-order valence-corrected chi connectivity index (χ0v) is 7.17. The Bertz CT molecular complexity index is 110. The van der Waals surface area contributed by atoms with Gasteiger partial charge in [0.1, 0.15) is 6.29 Å². The molecule has 11 heavy (non-hydrogen) atoms. The van der Waals surface area contributed by atoms with E-state index in [-0.39, 0.29) is 12.2 Å². The van der Waals surface area contributed by atoms with E-state index < -0.39 is 0 Å². The number of carbonyl (C=O) groups is 1. The van der Waals surface area contributed by atoms with Gasteiger partial charge in [-0.2, -0.15) is 0 Å². The lowest BCUT2D eigenvalue weighted by Gasteiger charge is -2.23. The van der Waals surface area contributed by atoms with E-state index in [1.54, 1.807) is 0 Å². The van der Waals surface area contributed by atoms with Gasteiger partial charge in [0.2, 0.25) is 0 Å². The van der Waals surface area contributed by atoms with E-state index >= 15 is 0 Å². The molecule has 3 nitrogen and oxygen atoms in total. The van der Waals surface area contributed by atoms with Crippen LogP contribution in [0.15, 0.2) is 0 Å². The third kappa shape index (κ3) is 6.01. The lowest BCUT2D eigenvalue weighted by Crippen LogP contribution is -2.26. The van der Waals surface area contributed by atoms with Gasteiger partial charge in [-0.05, 0) is 20.3 Å². The summed E-state index contributed by atoms with van der Waals surface area (Å²) in [6.45, 7) is 4.35. The molecular weight excluding hydrogens is 144 g/mol. The number of aliphatic hydroxyl groups is 1. The fourth-order valence-corrected chi connectivity index (χ4v) is 0.725. The summed E-state index contributed by atoms with van der Waals surface area (Å²) in [5.41, 5.74) is -0.308. The first kappa shape index (κ1) is 10.6. The summed E-state index contributed by atoms with van der Waals surface area (Å²) in [5, 5.41) is 8.61. The largest absolute Gasteiger partial charge is 0.396 e. The molecule has 0 aliphatic carbocycles. The molecule has 0 aromatic rings. The highest BCUT2D eigenvalue weighted by molar-refractivity contribution is 5.49. The highest BCUT2D eigenvalue weighted by Crippen LogP contribution is 2.13. The molecule has 1 N–H and O–H groups in total. The van der Waals surface area contributed by atoms with E-state index in [1.807, 2.05) is 13.8 Å². The van der Waals surface area contributed by atoms with Crippen LogP contribution in [0.4, 0.5) is 0 Å². The molecule has 0 unspecified atom stereocenters. The Labute approximate surface area is 67.4 Å². The Morgan fingerprint density at radius 2 is 2.18 bits per heavy atom. The van der Waals surface area contributed by atoms with Crippen LogP contribution >= 0.6 is 0 Å². The summed E-state index contributed by atoms with van der Waals surface area (Å²) < 4.78 is 5.32. The lowest BCUT2D eigenvalue weighted by atomic mass is 10.1. The van der Waals surface area contributed by atoms with E-state index in [0.29, 0.717) is 19.4 Å². The first-order chi connectivity index (χ1) is 5.12. The second kappa shape index (κ2) is 5.27. The molecule has 0 fully saturated rings. The minimum Gasteiger partial charge on any atom is -0.396 e. The average Bonchev–Trinajstić information content (AvgIpc) is 1.87. The van der Waals surface area contributed by atoms with Gasteiger partial charge >= 0.3 is 0 Å². The van der Waals surface area contributed by atoms with Crippen molar-refractivity contribution in [3.05, 3.63) is 0 Å². The third-order valence-electron chi connectivity index (χ3n) is 1.44. The van der Waals surface area contributed by atoms with Gasteiger partial charge in [0.15, 0.2) is 0 Å². The van der Waals surface area contributed by atoms with Crippen molar-refractivity contribution in [3.63, 3.8) is 0 Å². The van der Waals surface area contributed by atoms with Crippen LogP contribution in [0.1, 0.15) is 26.7 Å². The van der Waals surface area contributed by atoms with Gasteiger partial charge in [-0.15, -0.1) is 0 Å². The summed E-state index contributed by atoms with van der Waals surface area (Å²) >= 11 is 0. The summed E-state index contributed by atoms with van der Waals surface area (Å²) in [5.74, 6) is 0. The topological polar surface area (TPSA) is 46.5 Å². The van der Waals surface area contributed by atoms with Crippen molar-refractivity contribution in [1.82, 2.24) is 0 Å². The van der Waals surface area contributed by atoms with Gasteiger partial charge in [0, 0.05) is 13.0 Å². The molecule has 0 aliphatic rings. The molecule has 0 rings (SSSR count). The van der Waals surface area contributed by atoms with Crippen LogP contribution in [-0.4, -0.2) is 30.2 Å². The highest BCUT2D eigenvalue weighted by Gasteiger charge is 2.16. The van der Waals surface area contributed by atoms with E-state index in [2.05, 4.69) is 0 Å². The molecule has 0 amide bonds. The molecule has 0 aliphatic heterocycles. The summed E-state index contributed by atoms with van der Waals surface area (Å²) in [6.07, 6.45) is 1.86. The predicted octanol–water partition coefficient (Wildman–Crippen LogP) is 0.753. The fourth-order valence-electron chi connectivity index (χ4n) is 0.725. The van der Waals surface area contributed by atoms with Crippen LogP contribution in [-0.2, 0) is 9.53 Å². The summed E-state index contributed by atoms with van der Waals surface area (Å²) in [4.78, 5) is 9.92. The lowest BCUT2D eigenvalue weighted by molar-refractivity contribution is -0.110. The predicted molar refractivity (Wildman–Crippen MR) is 42.4 cm³/mol. The number of carbonyl (C=O) groups excluding carboxylic acids is 1. The first-order valence-electron chi connectivity index (χ1n) is 3.81. The van der Waals surface area contributed by atoms with Crippen LogP contribution in [0.3, 0.4) is 0 Å². The smallest absolute Gasteiger partial charge is 0.122 e. The summed E-state index contributed by atoms with van der Waals surface area (Å²) in [7, 11) is 0. The van der Waals surface area contributed by atoms with Crippen LogP contribution in [0.25, 0.3) is 0 Å². The van der Waals surface area contributed by atoms with Crippen molar-refractivity contribution in [1.29, 1.82) is 0 Å². The van der Waals surface area contributed by atoms with Crippen molar-refractivity contribution in [2.75, 3.05) is 13.2 Å². The van der Waals surface area contributed by atoms with Crippen LogP contribution in [0.2, 0.25) is 0 Å². The second-order valence-corrected chi connectivity index (χ2v) is 3.04. The Hall–Kier alpha value is -0.410. The van der Waals surface area contributed by atoms with Crippen molar-refractivity contribution in [3.8, 4) is 0 Å². The normalized spacial score (nSPS) is 11.5. The van der Waals surface area contributed by atoms with Gasteiger partial charge in [-0.25, -0.2) is 0 Å². The first-order valence-corrected chi connectivity index (χ1v) is 3.81. The van der Waals surface area contributed by atoms with Gasteiger partial charge in [0.25, 0.3) is 0 Å². The molecular formula is C8H16O3. The van der Waals surface area contributed by atoms with Crippen LogP contribution in [0, 0.1) is 0 Å². The molecule has 0 spiro atoms. The molecule has 0 saturated heterocycles. The molecule has 66 valence electrons. The van der Waals surface area contributed by atoms with Crippen molar-refractivity contribution in [2.24, 2.45) is 0 Å². The Kier molecular flexibility index (Phi) is 5.07. The molecule has 0 radical (unpaired) electrons. The number of aliphatic hydroxyl groups excluding tert-OH is 1. The number of hydrogen-bond acceptors (Lipinski definition) is 3. The number of rotatable bonds is 6. The Morgan fingerprint density at radius 3 is 2.64 bits per heavy atom. The zero-order valence-electron chi connectivity index (χ0n) is 7.17. The van der Waals surface area contributed by atoms with Crippen LogP contribution in [0.5, 0.6) is 0 Å². The second-order valence-electron chi connectivity index (χ2n) is 3.04. The number of ether oxygens (including phenoxy) is 1. The van der Waals surface area contributed by atoms with Gasteiger partial charge in [0.05, 0.1) is 12.2 Å². The molecule has 0 saturated carbocycles. The van der Waals surface area contributed by atoms with Crippen molar-refractivity contribution < 1.29 is 14.6 Å². The van der Waals surface area contributed by atoms with Crippen molar-refractivity contribution in [2.45, 2.75) is 32.3 Å². The molecule has 0 bridgehead atoms. The van der Waals surface area contributed by atoms with E-state index in [0.717, 1.165) is 6.29 Å². The Morgan fingerprint density at radius 1 is 1.55 bits per heavy atom. The molecule has 0 aromatic carbocycles. The standard InChI is InChI=1S/C8H16O3/c1-8(2,4-6-10)11-7-3-5-9/h5,10H,3-4,6-7H2,1-2H3. The average molecular weight is 160 g/mol. The maximum absolute atomic E-state index is 9.92. The maximum Gasteiger partial charge on any atom is 0.122 e. The SMILES string of the molecule is CC(C)(CCO)OCCC=O. The third-order valence-corrected chi connectivity index (χ3v) is 1.44. The zero-order chi connectivity index (χ0) is 8.74. The van der Waals surface area contributed by atoms with Gasteiger partial charge in [-0.3, -0.25) is 0 Å². The van der Waals surface area contributed by atoms with E-state index in [4.69, 9.17) is 9.84 Å². The quantitative estimate of drug-likeness (QED) is 0.461. The minimum atomic E-state index is -0.308. The number of aldehydes is 1. The van der Waals surface area contributed by atoms with E-state index in [1.165, 1.54) is 0 Å². The molecule has 3 heteroatoms. The van der Waals surface area contributed by atoms with Crippen LogP contribution < -0.4 is 0 Å². The Balaban J connectivity index is 3.45. The highest BCUT2D eigenvalue weighted by atomic mass is 16.5. The molecule has 0 aromatic heterocycles. The van der Waals surface area contributed by atoms with Crippen molar-refractivity contribution >= 4 is 6.29 Å². The maximum atomic E-state index is 9.92.